The lowest BCUT2D eigenvalue weighted by Crippen LogP contribution is -2.22. The summed E-state index contributed by atoms with van der Waals surface area (Å²) in [7, 11) is 0. The summed E-state index contributed by atoms with van der Waals surface area (Å²) in [6, 6.07) is 22.3. The predicted octanol–water partition coefficient (Wildman–Crippen LogP) is 4.62. The number of anilines is 2. The van der Waals surface area contributed by atoms with E-state index in [4.69, 9.17) is 0 Å². The van der Waals surface area contributed by atoms with Crippen LogP contribution in [0.3, 0.4) is 0 Å². The van der Waals surface area contributed by atoms with E-state index in [0.29, 0.717) is 11.3 Å². The molecule has 3 rings (SSSR count). The molecular formula is C21H19N3O3. The smallest absolute Gasteiger partial charge is 0.274 e. The van der Waals surface area contributed by atoms with E-state index in [1.54, 1.807) is 19.1 Å². The quantitative estimate of drug-likeness (QED) is 0.495. The Morgan fingerprint density at radius 1 is 1.00 bits per heavy atom. The van der Waals surface area contributed by atoms with E-state index in [1.807, 2.05) is 54.6 Å². The van der Waals surface area contributed by atoms with Gasteiger partial charge in [0, 0.05) is 28.6 Å². The third-order valence-electron chi connectivity index (χ3n) is 4.14. The minimum atomic E-state index is -0.459. The van der Waals surface area contributed by atoms with Gasteiger partial charge in [-0.1, -0.05) is 54.6 Å². The molecule has 0 fully saturated rings. The molecule has 6 nitrogen and oxygen atoms in total. The molecule has 0 saturated carbocycles. The summed E-state index contributed by atoms with van der Waals surface area (Å²) in [5.74, 6) is -0.281. The van der Waals surface area contributed by atoms with Crippen LogP contribution in [0, 0.1) is 17.0 Å². The van der Waals surface area contributed by atoms with Crippen LogP contribution in [0.2, 0.25) is 0 Å². The van der Waals surface area contributed by atoms with Crippen LogP contribution in [0.5, 0.6) is 0 Å². The number of nitro groups is 1. The second kappa shape index (κ2) is 8.14. The highest BCUT2D eigenvalue weighted by atomic mass is 16.6. The number of rotatable bonds is 6. The van der Waals surface area contributed by atoms with Gasteiger partial charge in [0.1, 0.15) is 0 Å². The standard InChI is InChI=1S/C21H19N3O3/c1-15-11-12-17(13-20(15)24(26)27)23-21(25)14-22-19-10-6-5-9-18(19)16-7-3-2-4-8-16/h2-13,22H,14H2,1H3,(H,23,25). The van der Waals surface area contributed by atoms with Crippen LogP contribution in [-0.4, -0.2) is 17.4 Å². The maximum Gasteiger partial charge on any atom is 0.274 e. The van der Waals surface area contributed by atoms with Crippen LogP contribution in [-0.2, 0) is 4.79 Å². The molecule has 0 saturated heterocycles. The van der Waals surface area contributed by atoms with Gasteiger partial charge in [-0.25, -0.2) is 0 Å². The molecule has 27 heavy (non-hydrogen) atoms. The fourth-order valence-corrected chi connectivity index (χ4v) is 2.77. The Hall–Kier alpha value is -3.67. The largest absolute Gasteiger partial charge is 0.376 e. The van der Waals surface area contributed by atoms with E-state index in [2.05, 4.69) is 10.6 Å². The molecule has 3 aromatic rings. The lowest BCUT2D eigenvalue weighted by atomic mass is 10.0. The SMILES string of the molecule is Cc1ccc(NC(=O)CNc2ccccc2-c2ccccc2)cc1[N+](=O)[O-]. The number of amides is 1. The Balaban J connectivity index is 1.69. The number of hydrogen-bond donors (Lipinski definition) is 2. The Morgan fingerprint density at radius 3 is 2.44 bits per heavy atom. The van der Waals surface area contributed by atoms with Crippen LogP contribution in [0.4, 0.5) is 17.1 Å². The molecular weight excluding hydrogens is 342 g/mol. The van der Waals surface area contributed by atoms with Crippen LogP contribution in [0.15, 0.2) is 72.8 Å². The molecule has 0 unspecified atom stereocenters. The first kappa shape index (κ1) is 18.1. The Kier molecular flexibility index (Phi) is 5.47. The predicted molar refractivity (Wildman–Crippen MR) is 107 cm³/mol. The number of para-hydroxylation sites is 1. The van der Waals surface area contributed by atoms with Crippen molar-refractivity contribution in [3.63, 3.8) is 0 Å². The van der Waals surface area contributed by atoms with Gasteiger partial charge in [0.2, 0.25) is 5.91 Å². The van der Waals surface area contributed by atoms with E-state index >= 15 is 0 Å². The summed E-state index contributed by atoms with van der Waals surface area (Å²) >= 11 is 0. The topological polar surface area (TPSA) is 84.3 Å². The molecule has 1 amide bonds. The molecule has 0 radical (unpaired) electrons. The molecule has 0 aromatic heterocycles. The number of nitrogens with zero attached hydrogens (tertiary/aromatic N) is 1. The van der Waals surface area contributed by atoms with Crippen molar-refractivity contribution in [1.29, 1.82) is 0 Å². The number of hydrogen-bond acceptors (Lipinski definition) is 4. The highest BCUT2D eigenvalue weighted by Gasteiger charge is 2.12. The van der Waals surface area contributed by atoms with Gasteiger partial charge >= 0.3 is 0 Å². The average Bonchev–Trinajstić information content (AvgIpc) is 2.68. The first-order chi connectivity index (χ1) is 13.0. The molecule has 0 bridgehead atoms. The number of nitrogens with one attached hydrogen (secondary N) is 2. The highest BCUT2D eigenvalue weighted by molar-refractivity contribution is 5.94. The molecule has 2 N–H and O–H groups in total. The Morgan fingerprint density at radius 2 is 1.70 bits per heavy atom. The summed E-state index contributed by atoms with van der Waals surface area (Å²) in [6.07, 6.45) is 0. The maximum atomic E-state index is 12.3. The van der Waals surface area contributed by atoms with Crippen molar-refractivity contribution in [2.24, 2.45) is 0 Å². The Bertz CT molecular complexity index is 971. The Labute approximate surface area is 157 Å². The zero-order chi connectivity index (χ0) is 19.2. The summed E-state index contributed by atoms with van der Waals surface area (Å²) in [5.41, 5.74) is 3.82. The number of carbonyl (C=O) groups excluding carboxylic acids is 1. The fraction of sp³-hybridized carbons (Fsp3) is 0.0952. The second-order valence-electron chi connectivity index (χ2n) is 6.07. The number of carbonyl (C=O) groups is 1. The van der Waals surface area contributed by atoms with Gasteiger partial charge in [0.15, 0.2) is 0 Å². The minimum Gasteiger partial charge on any atom is -0.376 e. The van der Waals surface area contributed by atoms with Gasteiger partial charge in [-0.3, -0.25) is 14.9 Å². The van der Waals surface area contributed by atoms with Gasteiger partial charge in [-0.2, -0.15) is 0 Å². The summed E-state index contributed by atoms with van der Waals surface area (Å²) in [4.78, 5) is 22.8. The van der Waals surface area contributed by atoms with E-state index in [-0.39, 0.29) is 18.1 Å². The van der Waals surface area contributed by atoms with Gasteiger partial charge in [0.25, 0.3) is 5.69 Å². The van der Waals surface area contributed by atoms with Crippen molar-refractivity contribution >= 4 is 23.0 Å². The van der Waals surface area contributed by atoms with Crippen molar-refractivity contribution in [3.8, 4) is 11.1 Å². The summed E-state index contributed by atoms with van der Waals surface area (Å²) in [6.45, 7) is 1.71. The normalized spacial score (nSPS) is 10.3. The summed E-state index contributed by atoms with van der Waals surface area (Å²) in [5, 5.41) is 16.8. The summed E-state index contributed by atoms with van der Waals surface area (Å²) < 4.78 is 0. The third-order valence-corrected chi connectivity index (χ3v) is 4.14. The molecule has 0 aliphatic carbocycles. The highest BCUT2D eigenvalue weighted by Crippen LogP contribution is 2.27. The van der Waals surface area contributed by atoms with E-state index in [9.17, 15) is 14.9 Å². The van der Waals surface area contributed by atoms with Gasteiger partial charge < -0.3 is 10.6 Å². The van der Waals surface area contributed by atoms with E-state index in [0.717, 1.165) is 16.8 Å². The van der Waals surface area contributed by atoms with Crippen LogP contribution in [0.25, 0.3) is 11.1 Å². The lowest BCUT2D eigenvalue weighted by molar-refractivity contribution is -0.385. The third kappa shape index (κ3) is 4.49. The zero-order valence-electron chi connectivity index (χ0n) is 14.8. The first-order valence-corrected chi connectivity index (χ1v) is 8.48. The lowest BCUT2D eigenvalue weighted by Gasteiger charge is -2.12. The van der Waals surface area contributed by atoms with Gasteiger partial charge in [-0.15, -0.1) is 0 Å². The van der Waals surface area contributed by atoms with Crippen molar-refractivity contribution in [2.75, 3.05) is 17.2 Å². The van der Waals surface area contributed by atoms with Crippen LogP contribution in [0.1, 0.15) is 5.56 Å². The molecule has 0 atom stereocenters. The van der Waals surface area contributed by atoms with E-state index in [1.165, 1.54) is 6.07 Å². The van der Waals surface area contributed by atoms with Gasteiger partial charge in [0.05, 0.1) is 11.5 Å². The molecule has 3 aromatic carbocycles. The molecule has 0 spiro atoms. The minimum absolute atomic E-state index is 0.0183. The molecule has 0 aliphatic heterocycles. The van der Waals surface area contributed by atoms with Gasteiger partial charge in [-0.05, 0) is 24.6 Å². The number of benzene rings is 3. The molecule has 136 valence electrons. The molecule has 0 heterocycles. The van der Waals surface area contributed by atoms with Crippen molar-refractivity contribution in [1.82, 2.24) is 0 Å². The average molecular weight is 361 g/mol. The zero-order valence-corrected chi connectivity index (χ0v) is 14.8. The monoisotopic (exact) mass is 361 g/mol. The van der Waals surface area contributed by atoms with Crippen LogP contribution < -0.4 is 10.6 Å². The van der Waals surface area contributed by atoms with Crippen LogP contribution >= 0.6 is 0 Å². The maximum absolute atomic E-state index is 12.3. The molecule has 0 aliphatic rings. The van der Waals surface area contributed by atoms with Crippen molar-refractivity contribution < 1.29 is 9.72 Å². The van der Waals surface area contributed by atoms with Crippen molar-refractivity contribution in [2.45, 2.75) is 6.92 Å². The fourth-order valence-electron chi connectivity index (χ4n) is 2.77. The number of aryl methyl sites for hydroxylation is 1. The number of nitro benzene ring substituents is 1. The molecule has 6 heteroatoms. The second-order valence-corrected chi connectivity index (χ2v) is 6.07. The van der Waals surface area contributed by atoms with Crippen molar-refractivity contribution in [3.05, 3.63) is 88.5 Å². The van der Waals surface area contributed by atoms with E-state index < -0.39 is 4.92 Å². The first-order valence-electron chi connectivity index (χ1n) is 8.48.